The number of carbonyl (C=O) groups is 1. The summed E-state index contributed by atoms with van der Waals surface area (Å²) >= 11 is 0. The number of imidazole rings is 1. The summed E-state index contributed by atoms with van der Waals surface area (Å²) in [6.07, 6.45) is 2.77. The quantitative estimate of drug-likeness (QED) is 0.484. The number of unbranched alkanes of at least 4 members (excludes halogenated alkanes) is 1. The van der Waals surface area contributed by atoms with Crippen LogP contribution in [0.15, 0.2) is 24.3 Å². The fourth-order valence-corrected chi connectivity index (χ4v) is 1.83. The van der Waals surface area contributed by atoms with Crippen molar-refractivity contribution in [3.05, 3.63) is 30.1 Å². The van der Waals surface area contributed by atoms with Gasteiger partial charge in [0.1, 0.15) is 5.82 Å². The first kappa shape index (κ1) is 12.6. The first-order valence-electron chi connectivity index (χ1n) is 6.21. The topological polar surface area (TPSA) is 69.8 Å². The van der Waals surface area contributed by atoms with Gasteiger partial charge in [0.15, 0.2) is 0 Å². The minimum Gasteiger partial charge on any atom is -0.359 e. The van der Waals surface area contributed by atoms with Crippen LogP contribution in [-0.4, -0.2) is 29.5 Å². The number of aromatic nitrogens is 2. The van der Waals surface area contributed by atoms with Gasteiger partial charge in [-0.2, -0.15) is 0 Å². The number of carbonyl (C=O) groups excluding carboxylic acids is 1. The number of benzene rings is 1. The van der Waals surface area contributed by atoms with Gasteiger partial charge in [-0.15, -0.1) is 0 Å². The van der Waals surface area contributed by atoms with Crippen molar-refractivity contribution in [2.75, 3.05) is 13.1 Å². The average molecular weight is 246 g/mol. The fourth-order valence-electron chi connectivity index (χ4n) is 1.83. The van der Waals surface area contributed by atoms with Crippen LogP contribution in [0.5, 0.6) is 0 Å². The molecule has 0 fully saturated rings. The molecule has 0 aliphatic carbocycles. The van der Waals surface area contributed by atoms with Crippen LogP contribution in [0.4, 0.5) is 0 Å². The lowest BCUT2D eigenvalue weighted by Gasteiger charge is -2.02. The van der Waals surface area contributed by atoms with E-state index >= 15 is 0 Å². The maximum Gasteiger partial charge on any atom is 0.207 e. The first-order chi connectivity index (χ1) is 8.90. The number of rotatable bonds is 8. The van der Waals surface area contributed by atoms with Crippen molar-refractivity contribution < 1.29 is 4.79 Å². The SMILES string of the molecule is O=CNCCCCNCc1nc2ccccc2[nH]1. The molecule has 3 N–H and O–H groups in total. The summed E-state index contributed by atoms with van der Waals surface area (Å²) in [6.45, 7) is 2.42. The van der Waals surface area contributed by atoms with Crippen LogP contribution in [0, 0.1) is 0 Å². The second-order valence-corrected chi connectivity index (χ2v) is 4.16. The lowest BCUT2D eigenvalue weighted by atomic mass is 10.3. The van der Waals surface area contributed by atoms with Crippen molar-refractivity contribution in [2.45, 2.75) is 19.4 Å². The Hall–Kier alpha value is -1.88. The summed E-state index contributed by atoms with van der Waals surface area (Å²) in [6, 6.07) is 8.01. The maximum absolute atomic E-state index is 10.0. The highest BCUT2D eigenvalue weighted by molar-refractivity contribution is 5.74. The number of H-pyrrole nitrogens is 1. The molecule has 1 amide bonds. The first-order valence-corrected chi connectivity index (χ1v) is 6.21. The van der Waals surface area contributed by atoms with Gasteiger partial charge in [-0.1, -0.05) is 12.1 Å². The van der Waals surface area contributed by atoms with E-state index < -0.39 is 0 Å². The molecule has 0 saturated carbocycles. The zero-order chi connectivity index (χ0) is 12.6. The highest BCUT2D eigenvalue weighted by Gasteiger charge is 2.00. The summed E-state index contributed by atoms with van der Waals surface area (Å²) in [5.74, 6) is 0.960. The Morgan fingerprint density at radius 1 is 1.22 bits per heavy atom. The molecule has 0 radical (unpaired) electrons. The predicted molar refractivity (Wildman–Crippen MR) is 71.1 cm³/mol. The van der Waals surface area contributed by atoms with Crippen LogP contribution in [-0.2, 0) is 11.3 Å². The Bertz CT molecular complexity index is 461. The van der Waals surface area contributed by atoms with Crippen molar-refractivity contribution in [1.82, 2.24) is 20.6 Å². The third-order valence-corrected chi connectivity index (χ3v) is 2.74. The summed E-state index contributed by atoms with van der Waals surface area (Å²) in [5.41, 5.74) is 2.08. The van der Waals surface area contributed by atoms with Crippen LogP contribution in [0.3, 0.4) is 0 Å². The molecule has 0 spiro atoms. The van der Waals surface area contributed by atoms with Crippen molar-refractivity contribution in [3.8, 4) is 0 Å². The molecule has 5 heteroatoms. The molecule has 0 unspecified atom stereocenters. The van der Waals surface area contributed by atoms with Crippen molar-refractivity contribution >= 4 is 17.4 Å². The number of fused-ring (bicyclic) bond motifs is 1. The Balaban J connectivity index is 1.68. The Labute approximate surface area is 106 Å². The average Bonchev–Trinajstić information content (AvgIpc) is 2.80. The number of nitrogens with zero attached hydrogens (tertiary/aromatic N) is 1. The number of aromatic amines is 1. The number of para-hydroxylation sites is 2. The van der Waals surface area contributed by atoms with E-state index in [4.69, 9.17) is 0 Å². The van der Waals surface area contributed by atoms with Gasteiger partial charge in [-0.25, -0.2) is 4.98 Å². The summed E-state index contributed by atoms with van der Waals surface area (Å²) in [7, 11) is 0. The Kier molecular flexibility index (Phi) is 4.72. The van der Waals surface area contributed by atoms with Crippen molar-refractivity contribution in [1.29, 1.82) is 0 Å². The van der Waals surface area contributed by atoms with Gasteiger partial charge in [0.2, 0.25) is 6.41 Å². The molecule has 2 rings (SSSR count). The van der Waals surface area contributed by atoms with Gasteiger partial charge in [-0.05, 0) is 31.5 Å². The summed E-state index contributed by atoms with van der Waals surface area (Å²) < 4.78 is 0. The molecule has 2 aromatic rings. The molecule has 96 valence electrons. The lowest BCUT2D eigenvalue weighted by Crippen LogP contribution is -2.18. The monoisotopic (exact) mass is 246 g/mol. The number of amides is 1. The number of hydrogen-bond acceptors (Lipinski definition) is 3. The van der Waals surface area contributed by atoms with Gasteiger partial charge >= 0.3 is 0 Å². The molecule has 1 heterocycles. The van der Waals surface area contributed by atoms with E-state index in [1.807, 2.05) is 24.3 Å². The van der Waals surface area contributed by atoms with Gasteiger partial charge in [0.25, 0.3) is 0 Å². The van der Waals surface area contributed by atoms with Crippen LogP contribution in [0.25, 0.3) is 11.0 Å². The van der Waals surface area contributed by atoms with E-state index in [0.717, 1.165) is 55.7 Å². The standard InChI is InChI=1S/C13H18N4O/c18-10-15-8-4-3-7-14-9-13-16-11-5-1-2-6-12(11)17-13/h1-2,5-6,10,14H,3-4,7-9H2,(H,15,18)(H,16,17). The maximum atomic E-state index is 10.0. The highest BCUT2D eigenvalue weighted by Crippen LogP contribution is 2.09. The number of hydrogen-bond donors (Lipinski definition) is 3. The molecule has 0 saturated heterocycles. The van der Waals surface area contributed by atoms with Crippen LogP contribution < -0.4 is 10.6 Å². The van der Waals surface area contributed by atoms with E-state index in [1.165, 1.54) is 0 Å². The normalized spacial score (nSPS) is 10.7. The van der Waals surface area contributed by atoms with E-state index in [0.29, 0.717) is 0 Å². The molecule has 1 aromatic heterocycles. The van der Waals surface area contributed by atoms with Gasteiger partial charge in [0.05, 0.1) is 17.6 Å². The van der Waals surface area contributed by atoms with Crippen molar-refractivity contribution in [3.63, 3.8) is 0 Å². The molecule has 5 nitrogen and oxygen atoms in total. The minimum absolute atomic E-state index is 0.738. The third kappa shape index (κ3) is 3.56. The van der Waals surface area contributed by atoms with Gasteiger partial charge in [0, 0.05) is 6.54 Å². The zero-order valence-corrected chi connectivity index (χ0v) is 10.3. The van der Waals surface area contributed by atoms with Gasteiger partial charge < -0.3 is 15.6 Å². The van der Waals surface area contributed by atoms with E-state index in [2.05, 4.69) is 20.6 Å². The van der Waals surface area contributed by atoms with E-state index in [1.54, 1.807) is 0 Å². The highest BCUT2D eigenvalue weighted by atomic mass is 16.1. The molecule has 0 bridgehead atoms. The molecular weight excluding hydrogens is 228 g/mol. The van der Waals surface area contributed by atoms with E-state index in [9.17, 15) is 4.79 Å². The van der Waals surface area contributed by atoms with Gasteiger partial charge in [-0.3, -0.25) is 4.79 Å². The largest absolute Gasteiger partial charge is 0.359 e. The molecule has 0 aliphatic rings. The van der Waals surface area contributed by atoms with E-state index in [-0.39, 0.29) is 0 Å². The van der Waals surface area contributed by atoms with Crippen LogP contribution >= 0.6 is 0 Å². The fraction of sp³-hybridized carbons (Fsp3) is 0.385. The Morgan fingerprint density at radius 3 is 2.89 bits per heavy atom. The van der Waals surface area contributed by atoms with Crippen LogP contribution in [0.2, 0.25) is 0 Å². The second kappa shape index (κ2) is 6.76. The smallest absolute Gasteiger partial charge is 0.207 e. The molecule has 0 aliphatic heterocycles. The predicted octanol–water partition coefficient (Wildman–Crippen LogP) is 1.18. The van der Waals surface area contributed by atoms with Crippen LogP contribution in [0.1, 0.15) is 18.7 Å². The zero-order valence-electron chi connectivity index (χ0n) is 10.3. The second-order valence-electron chi connectivity index (χ2n) is 4.16. The molecule has 18 heavy (non-hydrogen) atoms. The number of nitrogens with one attached hydrogen (secondary N) is 3. The summed E-state index contributed by atoms with van der Waals surface area (Å²) in [5, 5.41) is 5.98. The van der Waals surface area contributed by atoms with Crippen molar-refractivity contribution in [2.24, 2.45) is 0 Å². The molecule has 1 aromatic carbocycles. The molecular formula is C13H18N4O. The summed E-state index contributed by atoms with van der Waals surface area (Å²) in [4.78, 5) is 17.8. The lowest BCUT2D eigenvalue weighted by molar-refractivity contribution is -0.109. The minimum atomic E-state index is 0.738. The third-order valence-electron chi connectivity index (χ3n) is 2.74. The Morgan fingerprint density at radius 2 is 2.06 bits per heavy atom. The molecule has 0 atom stereocenters.